The van der Waals surface area contributed by atoms with Crippen LogP contribution in [0.1, 0.15) is 38.5 Å². The minimum absolute atomic E-state index is 0.00902. The van der Waals surface area contributed by atoms with Crippen molar-refractivity contribution in [1.29, 1.82) is 0 Å². The van der Waals surface area contributed by atoms with E-state index in [2.05, 4.69) is 0 Å². The first-order chi connectivity index (χ1) is 9.37. The summed E-state index contributed by atoms with van der Waals surface area (Å²) < 4.78 is 49.9. The number of sulfonamides is 1. The van der Waals surface area contributed by atoms with Crippen molar-refractivity contribution in [2.75, 3.05) is 23.9 Å². The van der Waals surface area contributed by atoms with Crippen LogP contribution in [0.25, 0.3) is 0 Å². The summed E-state index contributed by atoms with van der Waals surface area (Å²) in [6.07, 6.45) is 3.90. The highest BCUT2D eigenvalue weighted by Gasteiger charge is 2.40. The zero-order valence-corrected chi connectivity index (χ0v) is 13.9. The fourth-order valence-corrected chi connectivity index (χ4v) is 7.35. The van der Waals surface area contributed by atoms with E-state index in [0.29, 0.717) is 18.8 Å². The molecule has 1 atom stereocenters. The lowest BCUT2D eigenvalue weighted by molar-refractivity contribution is 0.244. The fraction of sp³-hybridized carbons (Fsp3) is 1.00. The van der Waals surface area contributed by atoms with Crippen molar-refractivity contribution in [3.63, 3.8) is 0 Å². The number of sulfone groups is 1. The van der Waals surface area contributed by atoms with Crippen LogP contribution in [-0.2, 0) is 19.9 Å². The van der Waals surface area contributed by atoms with Gasteiger partial charge < -0.3 is 0 Å². The van der Waals surface area contributed by atoms with Gasteiger partial charge in [-0.05, 0) is 32.1 Å². The molecule has 2 aliphatic rings. The van der Waals surface area contributed by atoms with E-state index >= 15 is 0 Å². The second kappa shape index (κ2) is 6.50. The molecule has 0 N–H and O–H groups in total. The van der Waals surface area contributed by atoms with Crippen LogP contribution in [0, 0.1) is 0 Å². The van der Waals surface area contributed by atoms with Gasteiger partial charge in [-0.2, -0.15) is 4.31 Å². The second-order valence-corrected chi connectivity index (χ2v) is 10.5. The van der Waals surface area contributed by atoms with Gasteiger partial charge in [0.2, 0.25) is 10.0 Å². The average molecular weight is 344 g/mol. The van der Waals surface area contributed by atoms with E-state index in [1.54, 1.807) is 4.31 Å². The first-order valence-corrected chi connectivity index (χ1v) is 11.0. The Hall–Kier alpha value is 0.150. The Balaban J connectivity index is 2.12. The van der Waals surface area contributed by atoms with Gasteiger partial charge >= 0.3 is 0 Å². The molecule has 0 saturated carbocycles. The normalized spacial score (nSPS) is 29.4. The van der Waals surface area contributed by atoms with Gasteiger partial charge in [0.25, 0.3) is 0 Å². The number of piperidine rings is 1. The number of hydrogen-bond donors (Lipinski definition) is 0. The molecule has 2 heterocycles. The zero-order chi connectivity index (χ0) is 14.8. The molecule has 2 aliphatic heterocycles. The summed E-state index contributed by atoms with van der Waals surface area (Å²) in [5.41, 5.74) is 0. The van der Waals surface area contributed by atoms with E-state index in [-0.39, 0.29) is 30.4 Å². The lowest BCUT2D eigenvalue weighted by Crippen LogP contribution is -2.49. The van der Waals surface area contributed by atoms with Gasteiger partial charge in [0.05, 0.1) is 16.8 Å². The molecule has 0 bridgehead atoms. The van der Waals surface area contributed by atoms with Crippen LogP contribution in [0.15, 0.2) is 0 Å². The molecule has 8 heteroatoms. The second-order valence-electron chi connectivity index (χ2n) is 5.63. The Morgan fingerprint density at radius 3 is 2.35 bits per heavy atom. The molecule has 5 nitrogen and oxygen atoms in total. The van der Waals surface area contributed by atoms with Crippen molar-refractivity contribution in [3.05, 3.63) is 0 Å². The van der Waals surface area contributed by atoms with E-state index in [4.69, 9.17) is 11.6 Å². The van der Waals surface area contributed by atoms with Gasteiger partial charge in [0.1, 0.15) is 9.84 Å². The van der Waals surface area contributed by atoms with E-state index in [1.807, 2.05) is 0 Å². The van der Waals surface area contributed by atoms with Crippen LogP contribution in [0.5, 0.6) is 0 Å². The lowest BCUT2D eigenvalue weighted by Gasteiger charge is -2.37. The molecule has 1 unspecified atom stereocenters. The molecule has 0 aromatic carbocycles. The Morgan fingerprint density at radius 1 is 1.10 bits per heavy atom. The van der Waals surface area contributed by atoms with Crippen molar-refractivity contribution in [3.8, 4) is 0 Å². The molecular formula is C12H22ClNO4S2. The Kier molecular flexibility index (Phi) is 5.37. The van der Waals surface area contributed by atoms with E-state index < -0.39 is 25.1 Å². The standard InChI is InChI=1S/C12H22ClNO4S2/c13-7-4-11-3-1-2-8-14(11)20(17,18)12-5-9-19(15,16)10-6-12/h11-12H,1-10H2. The van der Waals surface area contributed by atoms with Crippen LogP contribution in [-0.4, -0.2) is 56.4 Å². The van der Waals surface area contributed by atoms with E-state index in [0.717, 1.165) is 19.3 Å². The monoisotopic (exact) mass is 343 g/mol. The summed E-state index contributed by atoms with van der Waals surface area (Å²) in [7, 11) is -6.43. The predicted octanol–water partition coefficient (Wildman–Crippen LogP) is 1.38. The Morgan fingerprint density at radius 2 is 1.75 bits per heavy atom. The Labute approximate surface area is 126 Å². The van der Waals surface area contributed by atoms with Gasteiger partial charge in [-0.15, -0.1) is 11.6 Å². The topological polar surface area (TPSA) is 71.5 Å². The van der Waals surface area contributed by atoms with Crippen LogP contribution in [0.2, 0.25) is 0 Å². The van der Waals surface area contributed by atoms with Gasteiger partial charge in [-0.1, -0.05) is 6.42 Å². The highest BCUT2D eigenvalue weighted by molar-refractivity contribution is 7.92. The van der Waals surface area contributed by atoms with Gasteiger partial charge in [-0.25, -0.2) is 16.8 Å². The molecule has 2 saturated heterocycles. The zero-order valence-electron chi connectivity index (χ0n) is 11.5. The number of alkyl halides is 1. The SMILES string of the molecule is O=S1(=O)CCC(S(=O)(=O)N2CCCCC2CCCl)CC1. The molecule has 0 amide bonds. The average Bonchev–Trinajstić information content (AvgIpc) is 2.39. The molecule has 2 rings (SSSR count). The minimum atomic E-state index is -3.40. The molecule has 118 valence electrons. The quantitative estimate of drug-likeness (QED) is 0.723. The number of nitrogens with zero attached hydrogens (tertiary/aromatic N) is 1. The van der Waals surface area contributed by atoms with Gasteiger partial charge in [-0.3, -0.25) is 0 Å². The van der Waals surface area contributed by atoms with Crippen molar-refractivity contribution < 1.29 is 16.8 Å². The summed E-state index contributed by atoms with van der Waals surface area (Å²) in [6.45, 7) is 0.549. The molecule has 20 heavy (non-hydrogen) atoms. The van der Waals surface area contributed by atoms with Gasteiger partial charge in [0, 0.05) is 18.5 Å². The van der Waals surface area contributed by atoms with Crippen molar-refractivity contribution in [1.82, 2.24) is 4.31 Å². The van der Waals surface area contributed by atoms with Crippen molar-refractivity contribution in [2.24, 2.45) is 0 Å². The molecule has 2 fully saturated rings. The largest absolute Gasteiger partial charge is 0.229 e. The minimum Gasteiger partial charge on any atom is -0.229 e. The first-order valence-electron chi connectivity index (χ1n) is 7.14. The number of hydrogen-bond acceptors (Lipinski definition) is 4. The Bertz CT molecular complexity index is 516. The predicted molar refractivity (Wildman–Crippen MR) is 80.3 cm³/mol. The van der Waals surface area contributed by atoms with Crippen LogP contribution in [0.3, 0.4) is 0 Å². The highest BCUT2D eigenvalue weighted by Crippen LogP contribution is 2.29. The third-order valence-electron chi connectivity index (χ3n) is 4.27. The van der Waals surface area contributed by atoms with Crippen LogP contribution >= 0.6 is 11.6 Å². The molecule has 0 aromatic heterocycles. The van der Waals surface area contributed by atoms with Crippen molar-refractivity contribution in [2.45, 2.75) is 49.8 Å². The lowest BCUT2D eigenvalue weighted by atomic mass is 10.0. The summed E-state index contributed by atoms with van der Waals surface area (Å²) in [4.78, 5) is 0. The van der Waals surface area contributed by atoms with E-state index in [1.165, 1.54) is 0 Å². The molecule has 0 aromatic rings. The summed E-state index contributed by atoms with van der Waals surface area (Å²) in [5, 5.41) is -0.540. The third-order valence-corrected chi connectivity index (χ3v) is 8.65. The number of rotatable bonds is 4. The summed E-state index contributed by atoms with van der Waals surface area (Å²) in [5.74, 6) is 0.436. The smallest absolute Gasteiger partial charge is 0.217 e. The summed E-state index contributed by atoms with van der Waals surface area (Å²) >= 11 is 5.77. The summed E-state index contributed by atoms with van der Waals surface area (Å²) in [6, 6.07) is -0.00946. The maximum atomic E-state index is 12.7. The van der Waals surface area contributed by atoms with Gasteiger partial charge in [0.15, 0.2) is 0 Å². The van der Waals surface area contributed by atoms with Crippen LogP contribution in [0.4, 0.5) is 0 Å². The fourth-order valence-electron chi connectivity index (χ4n) is 3.08. The maximum absolute atomic E-state index is 12.7. The molecular weight excluding hydrogens is 322 g/mol. The third kappa shape index (κ3) is 3.67. The van der Waals surface area contributed by atoms with Crippen LogP contribution < -0.4 is 0 Å². The van der Waals surface area contributed by atoms with Crippen molar-refractivity contribution >= 4 is 31.5 Å². The molecule has 0 radical (unpaired) electrons. The number of halogens is 1. The highest BCUT2D eigenvalue weighted by atomic mass is 35.5. The first kappa shape index (κ1) is 16.5. The molecule has 0 spiro atoms. The van der Waals surface area contributed by atoms with E-state index in [9.17, 15) is 16.8 Å². The molecule has 0 aliphatic carbocycles. The maximum Gasteiger partial charge on any atom is 0.217 e.